The normalized spacial score (nSPS) is 24.9. The van der Waals surface area contributed by atoms with Gasteiger partial charge in [-0.3, -0.25) is 0 Å². The molecule has 3 heteroatoms. The summed E-state index contributed by atoms with van der Waals surface area (Å²) in [6.07, 6.45) is 5.35. The SMILES string of the molecule is [O]CCCN1CCCCC1CCO. The van der Waals surface area contributed by atoms with Gasteiger partial charge in [0.25, 0.3) is 0 Å². The quantitative estimate of drug-likeness (QED) is 0.697. The second kappa shape index (κ2) is 6.35. The van der Waals surface area contributed by atoms with Gasteiger partial charge in [0.2, 0.25) is 0 Å². The van der Waals surface area contributed by atoms with Gasteiger partial charge in [0.15, 0.2) is 0 Å². The molecule has 1 aliphatic rings. The van der Waals surface area contributed by atoms with Crippen LogP contribution in [-0.2, 0) is 5.11 Å². The standard InChI is InChI=1S/C10H20NO2/c12-8-3-7-11-6-2-1-4-10(11)5-9-13/h10,13H,1-9H2. The molecule has 0 aliphatic carbocycles. The summed E-state index contributed by atoms with van der Waals surface area (Å²) in [5.74, 6) is 0. The molecule has 0 aromatic carbocycles. The van der Waals surface area contributed by atoms with Gasteiger partial charge in [0.1, 0.15) is 0 Å². The van der Waals surface area contributed by atoms with Crippen LogP contribution in [0, 0.1) is 0 Å². The Hall–Kier alpha value is -0.120. The number of likely N-dealkylation sites (tertiary alicyclic amines) is 1. The van der Waals surface area contributed by atoms with E-state index in [1.165, 1.54) is 19.3 Å². The van der Waals surface area contributed by atoms with Crippen molar-refractivity contribution in [1.29, 1.82) is 0 Å². The van der Waals surface area contributed by atoms with E-state index >= 15 is 0 Å². The van der Waals surface area contributed by atoms with Crippen LogP contribution in [0.1, 0.15) is 32.1 Å². The molecule has 1 radical (unpaired) electrons. The molecule has 1 N–H and O–H groups in total. The lowest BCUT2D eigenvalue weighted by Crippen LogP contribution is -2.40. The van der Waals surface area contributed by atoms with Crippen LogP contribution >= 0.6 is 0 Å². The zero-order chi connectivity index (χ0) is 9.52. The molecule has 13 heavy (non-hydrogen) atoms. The van der Waals surface area contributed by atoms with Crippen molar-refractivity contribution in [3.8, 4) is 0 Å². The first-order chi connectivity index (χ1) is 6.38. The topological polar surface area (TPSA) is 43.4 Å². The van der Waals surface area contributed by atoms with Crippen molar-refractivity contribution in [1.82, 2.24) is 4.90 Å². The van der Waals surface area contributed by atoms with E-state index < -0.39 is 0 Å². The van der Waals surface area contributed by atoms with Crippen LogP contribution < -0.4 is 0 Å². The van der Waals surface area contributed by atoms with E-state index in [1.54, 1.807) is 0 Å². The summed E-state index contributed by atoms with van der Waals surface area (Å²) in [6.45, 7) is 2.35. The predicted molar refractivity (Wildman–Crippen MR) is 51.1 cm³/mol. The van der Waals surface area contributed by atoms with Gasteiger partial charge >= 0.3 is 0 Å². The zero-order valence-corrected chi connectivity index (χ0v) is 8.24. The van der Waals surface area contributed by atoms with Crippen LogP contribution in [0.4, 0.5) is 0 Å². The van der Waals surface area contributed by atoms with E-state index in [9.17, 15) is 5.11 Å². The molecular weight excluding hydrogens is 166 g/mol. The van der Waals surface area contributed by atoms with Gasteiger partial charge in [-0.05, 0) is 32.2 Å². The maximum Gasteiger partial charge on any atom is 0.0834 e. The van der Waals surface area contributed by atoms with E-state index in [4.69, 9.17) is 5.11 Å². The molecule has 0 aromatic heterocycles. The van der Waals surface area contributed by atoms with E-state index in [1.807, 2.05) is 0 Å². The highest BCUT2D eigenvalue weighted by Crippen LogP contribution is 2.19. The fourth-order valence-electron chi connectivity index (χ4n) is 2.10. The van der Waals surface area contributed by atoms with Gasteiger partial charge in [-0.15, -0.1) is 0 Å². The summed E-state index contributed by atoms with van der Waals surface area (Å²) in [5, 5.41) is 19.2. The van der Waals surface area contributed by atoms with Crippen LogP contribution in [0.2, 0.25) is 0 Å². The van der Waals surface area contributed by atoms with Crippen molar-refractivity contribution in [2.24, 2.45) is 0 Å². The van der Waals surface area contributed by atoms with Crippen molar-refractivity contribution >= 4 is 0 Å². The van der Waals surface area contributed by atoms with E-state index in [0.717, 1.165) is 25.9 Å². The Balaban J connectivity index is 2.28. The predicted octanol–water partition coefficient (Wildman–Crippen LogP) is 1.04. The van der Waals surface area contributed by atoms with Gasteiger partial charge in [-0.1, -0.05) is 6.42 Å². The molecule has 1 unspecified atom stereocenters. The first-order valence-corrected chi connectivity index (χ1v) is 5.31. The second-order valence-electron chi connectivity index (χ2n) is 3.76. The minimum Gasteiger partial charge on any atom is -0.396 e. The van der Waals surface area contributed by atoms with Crippen molar-refractivity contribution in [2.75, 3.05) is 26.3 Å². The molecular formula is C10H20NO2. The minimum atomic E-state index is 0.0301. The molecule has 1 aliphatic heterocycles. The third-order valence-corrected chi connectivity index (χ3v) is 2.80. The second-order valence-corrected chi connectivity index (χ2v) is 3.76. The zero-order valence-electron chi connectivity index (χ0n) is 8.24. The van der Waals surface area contributed by atoms with Gasteiger partial charge in [-0.2, -0.15) is 0 Å². The highest BCUT2D eigenvalue weighted by Gasteiger charge is 2.20. The minimum absolute atomic E-state index is 0.0301. The lowest BCUT2D eigenvalue weighted by atomic mass is 9.99. The number of hydrogen-bond donors (Lipinski definition) is 1. The first-order valence-electron chi connectivity index (χ1n) is 5.31. The molecule has 77 valence electrons. The molecule has 1 saturated heterocycles. The smallest absolute Gasteiger partial charge is 0.0834 e. The molecule has 1 heterocycles. The maximum atomic E-state index is 10.4. The largest absolute Gasteiger partial charge is 0.396 e. The molecule has 0 saturated carbocycles. The number of aliphatic hydroxyl groups is 1. The maximum absolute atomic E-state index is 10.4. The molecule has 0 amide bonds. The molecule has 3 nitrogen and oxygen atoms in total. The van der Waals surface area contributed by atoms with Crippen LogP contribution in [-0.4, -0.2) is 42.4 Å². The fourth-order valence-corrected chi connectivity index (χ4v) is 2.10. The first kappa shape index (κ1) is 11.0. The Kier molecular flexibility index (Phi) is 5.35. The Bertz CT molecular complexity index is 128. The van der Waals surface area contributed by atoms with Crippen molar-refractivity contribution in [3.63, 3.8) is 0 Å². The van der Waals surface area contributed by atoms with Crippen molar-refractivity contribution < 1.29 is 10.2 Å². The Morgan fingerprint density at radius 1 is 1.38 bits per heavy atom. The van der Waals surface area contributed by atoms with E-state index in [2.05, 4.69) is 4.90 Å². The van der Waals surface area contributed by atoms with Crippen molar-refractivity contribution in [2.45, 2.75) is 38.1 Å². The van der Waals surface area contributed by atoms with Crippen molar-refractivity contribution in [3.05, 3.63) is 0 Å². The van der Waals surface area contributed by atoms with E-state index in [-0.39, 0.29) is 13.2 Å². The Labute approximate surface area is 80.4 Å². The van der Waals surface area contributed by atoms with Gasteiger partial charge in [0, 0.05) is 19.2 Å². The van der Waals surface area contributed by atoms with Gasteiger partial charge < -0.3 is 10.0 Å². The third kappa shape index (κ3) is 3.63. The van der Waals surface area contributed by atoms with Gasteiger partial charge in [0.05, 0.1) is 6.61 Å². The number of piperidine rings is 1. The lowest BCUT2D eigenvalue weighted by molar-refractivity contribution is 0.101. The number of hydrogen-bond acceptors (Lipinski definition) is 2. The highest BCUT2D eigenvalue weighted by molar-refractivity contribution is 4.76. The third-order valence-electron chi connectivity index (χ3n) is 2.80. The average Bonchev–Trinajstić information content (AvgIpc) is 2.17. The van der Waals surface area contributed by atoms with Crippen LogP contribution in [0.15, 0.2) is 0 Å². The summed E-state index contributed by atoms with van der Waals surface area (Å²) in [4.78, 5) is 2.37. The number of aliphatic hydroxyl groups excluding tert-OH is 1. The fraction of sp³-hybridized carbons (Fsp3) is 1.00. The Morgan fingerprint density at radius 3 is 2.92 bits per heavy atom. The molecule has 1 fully saturated rings. The molecule has 0 spiro atoms. The molecule has 1 atom stereocenters. The molecule has 0 bridgehead atoms. The van der Waals surface area contributed by atoms with E-state index in [0.29, 0.717) is 6.04 Å². The lowest BCUT2D eigenvalue weighted by Gasteiger charge is -2.35. The molecule has 0 aromatic rings. The summed E-state index contributed by atoms with van der Waals surface area (Å²) < 4.78 is 0. The number of rotatable bonds is 5. The Morgan fingerprint density at radius 2 is 2.23 bits per heavy atom. The molecule has 1 rings (SSSR count). The summed E-state index contributed by atoms with van der Waals surface area (Å²) in [7, 11) is 0. The van der Waals surface area contributed by atoms with Gasteiger partial charge in [-0.25, -0.2) is 5.11 Å². The highest BCUT2D eigenvalue weighted by atomic mass is 16.3. The number of nitrogens with zero attached hydrogens (tertiary/aromatic N) is 1. The van der Waals surface area contributed by atoms with Crippen LogP contribution in [0.3, 0.4) is 0 Å². The monoisotopic (exact) mass is 186 g/mol. The van der Waals surface area contributed by atoms with Crippen LogP contribution in [0.25, 0.3) is 0 Å². The summed E-state index contributed by atoms with van der Waals surface area (Å²) >= 11 is 0. The average molecular weight is 186 g/mol. The summed E-state index contributed by atoms with van der Waals surface area (Å²) in [5.41, 5.74) is 0. The summed E-state index contributed by atoms with van der Waals surface area (Å²) in [6, 6.07) is 0.533. The van der Waals surface area contributed by atoms with Crippen LogP contribution in [0.5, 0.6) is 0 Å².